The number of carbonyl (C=O) groups excluding carboxylic acids is 2. The largest absolute Gasteiger partial charge is 0.353 e. The van der Waals surface area contributed by atoms with Crippen LogP contribution in [0.4, 0.5) is 0 Å². The lowest BCUT2D eigenvalue weighted by Gasteiger charge is -2.07. The number of nitrogens with one attached hydrogen (secondary N) is 3. The van der Waals surface area contributed by atoms with E-state index < -0.39 is 11.8 Å². The molecule has 5 aromatic rings. The lowest BCUT2D eigenvalue weighted by molar-refractivity contribution is 0.0706. The maximum absolute atomic E-state index is 12.9. The first-order valence-electron chi connectivity index (χ1n) is 10.5. The number of hydrogen-bond acceptors (Lipinski definition) is 5. The summed E-state index contributed by atoms with van der Waals surface area (Å²) in [5, 5.41) is 14.6. The number of amides is 2. The number of fused-ring (bicyclic) bond motifs is 3. The molecule has 8 heteroatoms. The first-order chi connectivity index (χ1) is 16.6. The molecule has 4 N–H and O–H groups in total. The molecule has 0 saturated heterocycles. The summed E-state index contributed by atoms with van der Waals surface area (Å²) >= 11 is 0. The number of rotatable bonds is 5. The van der Waals surface area contributed by atoms with Gasteiger partial charge in [0.15, 0.2) is 0 Å². The van der Waals surface area contributed by atoms with Crippen LogP contribution in [-0.4, -0.2) is 33.2 Å². The zero-order valence-corrected chi connectivity index (χ0v) is 17.8. The normalized spacial score (nSPS) is 11.2. The third-order valence-corrected chi connectivity index (χ3v) is 5.43. The van der Waals surface area contributed by atoms with Gasteiger partial charge in [-0.1, -0.05) is 60.7 Å². The van der Waals surface area contributed by atoms with E-state index in [1.165, 1.54) is 18.3 Å². The lowest BCUT2D eigenvalue weighted by Crippen LogP contribution is -2.19. The van der Waals surface area contributed by atoms with Crippen molar-refractivity contribution in [1.82, 2.24) is 20.9 Å². The topological polar surface area (TPSA) is 119 Å². The van der Waals surface area contributed by atoms with Crippen LogP contribution in [0.25, 0.3) is 33.1 Å². The van der Waals surface area contributed by atoms with Gasteiger partial charge < -0.3 is 4.98 Å². The molecule has 0 unspecified atom stereocenters. The van der Waals surface area contributed by atoms with Gasteiger partial charge in [-0.15, -0.1) is 0 Å². The van der Waals surface area contributed by atoms with E-state index in [1.807, 2.05) is 54.6 Å². The summed E-state index contributed by atoms with van der Waals surface area (Å²) in [4.78, 5) is 32.4. The Kier molecular flexibility index (Phi) is 5.55. The third kappa shape index (κ3) is 4.01. The van der Waals surface area contributed by atoms with E-state index in [-0.39, 0.29) is 5.69 Å². The highest BCUT2D eigenvalue weighted by molar-refractivity contribution is 6.13. The molecule has 0 fully saturated rings. The minimum atomic E-state index is -0.607. The number of para-hydroxylation sites is 1. The van der Waals surface area contributed by atoms with E-state index in [0.717, 1.165) is 27.4 Å². The number of aromatic nitrogens is 2. The molecule has 166 valence electrons. The van der Waals surface area contributed by atoms with Gasteiger partial charge in [-0.05, 0) is 29.8 Å². The Hall–Kier alpha value is -4.82. The van der Waals surface area contributed by atoms with E-state index in [4.69, 9.17) is 5.21 Å². The quantitative estimate of drug-likeness (QED) is 0.182. The van der Waals surface area contributed by atoms with Crippen molar-refractivity contribution < 1.29 is 14.8 Å². The van der Waals surface area contributed by atoms with Gasteiger partial charge in [0.1, 0.15) is 5.69 Å². The number of aromatic amines is 1. The van der Waals surface area contributed by atoms with Gasteiger partial charge in [0.05, 0.1) is 17.4 Å². The predicted molar refractivity (Wildman–Crippen MR) is 130 cm³/mol. The van der Waals surface area contributed by atoms with Gasteiger partial charge in [0, 0.05) is 27.4 Å². The zero-order chi connectivity index (χ0) is 23.5. The molecular weight excluding hydrogens is 430 g/mol. The van der Waals surface area contributed by atoms with Crippen LogP contribution in [-0.2, 0) is 0 Å². The Morgan fingerprint density at radius 3 is 2.38 bits per heavy atom. The molecule has 34 heavy (non-hydrogen) atoms. The van der Waals surface area contributed by atoms with E-state index in [1.54, 1.807) is 23.7 Å². The smallest absolute Gasteiger partial charge is 0.289 e. The van der Waals surface area contributed by atoms with Crippen LogP contribution in [0.5, 0.6) is 0 Å². The Morgan fingerprint density at radius 1 is 0.882 bits per heavy atom. The van der Waals surface area contributed by atoms with Crippen LogP contribution in [0, 0.1) is 0 Å². The first-order valence-corrected chi connectivity index (χ1v) is 10.5. The SMILES string of the molecule is O=C(NO)c1ccc(/C=N/NC(=O)c2cc3c([nH]c4ccccc43)c(-c3ccccc3)n2)cc1. The molecule has 5 rings (SSSR count). The van der Waals surface area contributed by atoms with Crippen LogP contribution in [0.15, 0.2) is 90.0 Å². The molecule has 0 radical (unpaired) electrons. The summed E-state index contributed by atoms with van der Waals surface area (Å²) in [6.07, 6.45) is 1.46. The summed E-state index contributed by atoms with van der Waals surface area (Å²) in [5.74, 6) is -1.05. The van der Waals surface area contributed by atoms with Crippen molar-refractivity contribution in [3.63, 3.8) is 0 Å². The summed E-state index contributed by atoms with van der Waals surface area (Å²) in [5.41, 5.74) is 8.70. The number of benzene rings is 3. The average molecular weight is 449 g/mol. The van der Waals surface area contributed by atoms with E-state index in [0.29, 0.717) is 16.8 Å². The van der Waals surface area contributed by atoms with E-state index in [9.17, 15) is 9.59 Å². The molecular formula is C26H19N5O3. The van der Waals surface area contributed by atoms with Crippen LogP contribution >= 0.6 is 0 Å². The summed E-state index contributed by atoms with van der Waals surface area (Å²) in [6, 6.07) is 25.7. The van der Waals surface area contributed by atoms with Crippen LogP contribution < -0.4 is 10.9 Å². The third-order valence-electron chi connectivity index (χ3n) is 5.43. The summed E-state index contributed by atoms with van der Waals surface area (Å²) in [7, 11) is 0. The van der Waals surface area contributed by atoms with Gasteiger partial charge >= 0.3 is 0 Å². The molecule has 0 bridgehead atoms. The van der Waals surface area contributed by atoms with Crippen LogP contribution in [0.3, 0.4) is 0 Å². The molecule has 0 atom stereocenters. The number of nitrogens with zero attached hydrogens (tertiary/aromatic N) is 2. The molecule has 0 aliphatic heterocycles. The predicted octanol–water partition coefficient (Wildman–Crippen LogP) is 4.27. The molecule has 2 aromatic heterocycles. The maximum atomic E-state index is 12.9. The standard InChI is InChI=1S/C26H19N5O3/c32-25(31-34)18-12-10-16(11-13-18)15-27-30-26(33)22-14-20-19-8-4-5-9-21(19)28-24(20)23(29-22)17-6-2-1-3-7-17/h1-15,28,34H,(H,30,33)(H,31,32)/b27-15+. The van der Waals surface area contributed by atoms with Gasteiger partial charge in [-0.25, -0.2) is 15.9 Å². The van der Waals surface area contributed by atoms with Crippen molar-refractivity contribution in [3.8, 4) is 11.3 Å². The fraction of sp³-hybridized carbons (Fsp3) is 0. The van der Waals surface area contributed by atoms with Crippen molar-refractivity contribution in [3.05, 3.63) is 102 Å². The molecule has 8 nitrogen and oxygen atoms in total. The fourth-order valence-electron chi connectivity index (χ4n) is 3.77. The van der Waals surface area contributed by atoms with E-state index in [2.05, 4.69) is 20.5 Å². The molecule has 0 spiro atoms. The van der Waals surface area contributed by atoms with Crippen LogP contribution in [0.1, 0.15) is 26.4 Å². The second-order valence-electron chi connectivity index (χ2n) is 7.58. The number of hydroxylamine groups is 1. The molecule has 2 heterocycles. The molecule has 0 aliphatic carbocycles. The van der Waals surface area contributed by atoms with Crippen LogP contribution in [0.2, 0.25) is 0 Å². The fourth-order valence-corrected chi connectivity index (χ4v) is 3.77. The van der Waals surface area contributed by atoms with Crippen molar-refractivity contribution in [2.24, 2.45) is 5.10 Å². The summed E-state index contributed by atoms with van der Waals surface area (Å²) < 4.78 is 0. The monoisotopic (exact) mass is 449 g/mol. The maximum Gasteiger partial charge on any atom is 0.289 e. The second-order valence-corrected chi connectivity index (χ2v) is 7.58. The Morgan fingerprint density at radius 2 is 1.62 bits per heavy atom. The minimum absolute atomic E-state index is 0.239. The Labute approximate surface area is 193 Å². The van der Waals surface area contributed by atoms with E-state index >= 15 is 0 Å². The van der Waals surface area contributed by atoms with Crippen molar-refractivity contribution in [2.75, 3.05) is 0 Å². The van der Waals surface area contributed by atoms with Gasteiger partial charge in [0.2, 0.25) is 0 Å². The zero-order valence-electron chi connectivity index (χ0n) is 17.8. The first kappa shape index (κ1) is 21.0. The highest BCUT2D eigenvalue weighted by atomic mass is 16.5. The Balaban J connectivity index is 1.47. The molecule has 0 saturated carbocycles. The Bertz CT molecular complexity index is 1540. The van der Waals surface area contributed by atoms with Gasteiger partial charge in [0.25, 0.3) is 11.8 Å². The minimum Gasteiger partial charge on any atom is -0.353 e. The molecule has 2 amide bonds. The highest BCUT2D eigenvalue weighted by Gasteiger charge is 2.16. The lowest BCUT2D eigenvalue weighted by atomic mass is 10.1. The average Bonchev–Trinajstić information content (AvgIpc) is 3.27. The molecule has 3 aromatic carbocycles. The van der Waals surface area contributed by atoms with Gasteiger partial charge in [-0.3, -0.25) is 14.8 Å². The number of H-pyrrole nitrogens is 1. The summed E-state index contributed by atoms with van der Waals surface area (Å²) in [6.45, 7) is 0. The number of hydrazone groups is 1. The van der Waals surface area contributed by atoms with Gasteiger partial charge in [-0.2, -0.15) is 5.10 Å². The van der Waals surface area contributed by atoms with Crippen molar-refractivity contribution in [1.29, 1.82) is 0 Å². The number of hydrogen-bond donors (Lipinski definition) is 4. The van der Waals surface area contributed by atoms with Crippen molar-refractivity contribution >= 4 is 39.8 Å². The highest BCUT2D eigenvalue weighted by Crippen LogP contribution is 2.32. The number of pyridine rings is 1. The molecule has 0 aliphatic rings. The number of carbonyl (C=O) groups is 2. The van der Waals surface area contributed by atoms with Crippen molar-refractivity contribution in [2.45, 2.75) is 0 Å². The second kappa shape index (κ2) is 8.97.